The van der Waals surface area contributed by atoms with Crippen LogP contribution in [-0.2, 0) is 11.3 Å². The highest BCUT2D eigenvalue weighted by Gasteiger charge is 2.18. The van der Waals surface area contributed by atoms with Crippen LogP contribution in [0.1, 0.15) is 20.3 Å². The zero-order chi connectivity index (χ0) is 14.3. The molecule has 1 aromatic rings. The molecule has 106 valence electrons. The van der Waals surface area contributed by atoms with Crippen LogP contribution in [0, 0.1) is 5.92 Å². The molecule has 0 aliphatic carbocycles. The third kappa shape index (κ3) is 5.89. The number of nitrogens with zero attached hydrogens (tertiary/aromatic N) is 2. The Kier molecular flexibility index (Phi) is 5.84. The molecule has 0 aliphatic heterocycles. The van der Waals surface area contributed by atoms with Crippen LogP contribution in [0.4, 0.5) is 4.79 Å². The molecular formula is C12H20N4O3. The van der Waals surface area contributed by atoms with E-state index >= 15 is 0 Å². The van der Waals surface area contributed by atoms with Gasteiger partial charge < -0.3 is 15.7 Å². The molecule has 0 aliphatic rings. The van der Waals surface area contributed by atoms with Crippen LogP contribution < -0.4 is 10.6 Å². The lowest BCUT2D eigenvalue weighted by atomic mass is 10.0. The lowest BCUT2D eigenvalue weighted by Gasteiger charge is -2.20. The average molecular weight is 268 g/mol. The zero-order valence-electron chi connectivity index (χ0n) is 11.2. The fourth-order valence-electron chi connectivity index (χ4n) is 1.58. The van der Waals surface area contributed by atoms with Crippen LogP contribution in [0.25, 0.3) is 0 Å². The van der Waals surface area contributed by atoms with Crippen molar-refractivity contribution in [2.45, 2.75) is 32.9 Å². The molecule has 0 fully saturated rings. The van der Waals surface area contributed by atoms with Crippen molar-refractivity contribution in [2.75, 3.05) is 6.54 Å². The molecule has 0 radical (unpaired) electrons. The first-order chi connectivity index (χ1) is 8.99. The average Bonchev–Trinajstić information content (AvgIpc) is 2.80. The van der Waals surface area contributed by atoms with Crippen LogP contribution in [0.15, 0.2) is 18.5 Å². The molecule has 1 heterocycles. The molecule has 7 heteroatoms. The third-order valence-corrected chi connectivity index (χ3v) is 2.70. The predicted molar refractivity (Wildman–Crippen MR) is 69.6 cm³/mol. The van der Waals surface area contributed by atoms with Gasteiger partial charge in [-0.3, -0.25) is 9.48 Å². The van der Waals surface area contributed by atoms with Crippen molar-refractivity contribution in [2.24, 2.45) is 5.92 Å². The van der Waals surface area contributed by atoms with Gasteiger partial charge in [0.15, 0.2) is 0 Å². The molecule has 3 N–H and O–H groups in total. The van der Waals surface area contributed by atoms with E-state index < -0.39 is 5.97 Å². The number of hydrogen-bond acceptors (Lipinski definition) is 3. The first-order valence-electron chi connectivity index (χ1n) is 6.22. The molecule has 1 atom stereocenters. The number of hydrogen-bond donors (Lipinski definition) is 3. The van der Waals surface area contributed by atoms with Crippen molar-refractivity contribution in [3.63, 3.8) is 0 Å². The smallest absolute Gasteiger partial charge is 0.315 e. The molecule has 1 rings (SSSR count). The summed E-state index contributed by atoms with van der Waals surface area (Å²) in [6, 6.07) is 1.08. The van der Waals surface area contributed by atoms with Gasteiger partial charge in [0.2, 0.25) is 0 Å². The largest absolute Gasteiger partial charge is 0.481 e. The Hall–Kier alpha value is -2.05. The molecule has 2 amide bonds. The number of aromatic nitrogens is 2. The number of carbonyl (C=O) groups excluding carboxylic acids is 1. The minimum absolute atomic E-state index is 0.0629. The van der Waals surface area contributed by atoms with E-state index in [1.54, 1.807) is 17.1 Å². The maximum absolute atomic E-state index is 11.6. The van der Waals surface area contributed by atoms with Gasteiger partial charge in [0.1, 0.15) is 0 Å². The molecule has 0 saturated carbocycles. The summed E-state index contributed by atoms with van der Waals surface area (Å²) < 4.78 is 1.71. The van der Waals surface area contributed by atoms with E-state index in [0.29, 0.717) is 13.1 Å². The quantitative estimate of drug-likeness (QED) is 0.677. The molecule has 1 aromatic heterocycles. The number of amides is 2. The summed E-state index contributed by atoms with van der Waals surface area (Å²) in [6.07, 6.45) is 3.40. The number of rotatable bonds is 7. The van der Waals surface area contributed by atoms with Crippen molar-refractivity contribution in [3.05, 3.63) is 18.5 Å². The molecule has 7 nitrogen and oxygen atoms in total. The number of aliphatic carboxylic acids is 1. The molecule has 0 saturated heterocycles. The van der Waals surface area contributed by atoms with E-state index in [4.69, 9.17) is 5.11 Å². The molecule has 1 unspecified atom stereocenters. The first-order valence-corrected chi connectivity index (χ1v) is 6.22. The Morgan fingerprint density at radius 1 is 1.42 bits per heavy atom. The summed E-state index contributed by atoms with van der Waals surface area (Å²) in [6.45, 7) is 4.76. The van der Waals surface area contributed by atoms with Gasteiger partial charge in [-0.15, -0.1) is 0 Å². The Bertz CT molecular complexity index is 403. The second kappa shape index (κ2) is 7.40. The van der Waals surface area contributed by atoms with Gasteiger partial charge in [-0.25, -0.2) is 4.79 Å². The normalized spacial score (nSPS) is 12.2. The fourth-order valence-corrected chi connectivity index (χ4v) is 1.58. The highest BCUT2D eigenvalue weighted by molar-refractivity contribution is 5.75. The van der Waals surface area contributed by atoms with Crippen molar-refractivity contribution < 1.29 is 14.7 Å². The second-order valence-electron chi connectivity index (χ2n) is 4.62. The summed E-state index contributed by atoms with van der Waals surface area (Å²) in [5.74, 6) is -0.858. The van der Waals surface area contributed by atoms with Crippen LogP contribution in [0.3, 0.4) is 0 Å². The van der Waals surface area contributed by atoms with Gasteiger partial charge in [-0.05, 0) is 12.0 Å². The number of urea groups is 1. The first kappa shape index (κ1) is 15.0. The molecule has 0 spiro atoms. The zero-order valence-corrected chi connectivity index (χ0v) is 11.2. The van der Waals surface area contributed by atoms with Crippen LogP contribution >= 0.6 is 0 Å². The van der Waals surface area contributed by atoms with Gasteiger partial charge in [0.25, 0.3) is 0 Å². The third-order valence-electron chi connectivity index (χ3n) is 2.70. The van der Waals surface area contributed by atoms with Crippen molar-refractivity contribution >= 4 is 12.0 Å². The Morgan fingerprint density at radius 2 is 2.16 bits per heavy atom. The van der Waals surface area contributed by atoms with Crippen LogP contribution in [-0.4, -0.2) is 39.5 Å². The number of carbonyl (C=O) groups is 2. The fraction of sp³-hybridized carbons (Fsp3) is 0.583. The van der Waals surface area contributed by atoms with E-state index in [-0.39, 0.29) is 24.4 Å². The number of nitrogens with one attached hydrogen (secondary N) is 2. The van der Waals surface area contributed by atoms with Gasteiger partial charge in [-0.2, -0.15) is 5.10 Å². The minimum atomic E-state index is -0.921. The number of carboxylic acid groups (broad SMARTS) is 1. The predicted octanol–water partition coefficient (Wildman–Crippen LogP) is 0.682. The number of carboxylic acids is 1. The highest BCUT2D eigenvalue weighted by Crippen LogP contribution is 2.05. The Labute approximate surface area is 112 Å². The topological polar surface area (TPSA) is 96.3 Å². The SMILES string of the molecule is CC(C)C(CC(=O)O)NC(=O)NCCn1cccn1. The monoisotopic (exact) mass is 268 g/mol. The molecule has 19 heavy (non-hydrogen) atoms. The maximum Gasteiger partial charge on any atom is 0.315 e. The standard InChI is InChI=1S/C12H20N4O3/c1-9(2)10(8-11(17)18)15-12(19)13-5-7-16-6-3-4-14-16/h3-4,6,9-10H,5,7-8H2,1-2H3,(H,17,18)(H2,13,15,19). The van der Waals surface area contributed by atoms with Crippen molar-refractivity contribution in [1.29, 1.82) is 0 Å². The van der Waals surface area contributed by atoms with Gasteiger partial charge in [-0.1, -0.05) is 13.8 Å². The summed E-state index contributed by atoms with van der Waals surface area (Å²) in [7, 11) is 0. The Morgan fingerprint density at radius 3 is 2.68 bits per heavy atom. The molecular weight excluding hydrogens is 248 g/mol. The molecule has 0 bridgehead atoms. The summed E-state index contributed by atoms with van der Waals surface area (Å²) >= 11 is 0. The summed E-state index contributed by atoms with van der Waals surface area (Å²) in [5, 5.41) is 18.1. The van der Waals surface area contributed by atoms with E-state index in [0.717, 1.165) is 0 Å². The van der Waals surface area contributed by atoms with Gasteiger partial charge in [0.05, 0.1) is 13.0 Å². The summed E-state index contributed by atoms with van der Waals surface area (Å²) in [5.41, 5.74) is 0. The van der Waals surface area contributed by atoms with Crippen molar-refractivity contribution in [1.82, 2.24) is 20.4 Å². The van der Waals surface area contributed by atoms with E-state index in [1.807, 2.05) is 19.9 Å². The second-order valence-corrected chi connectivity index (χ2v) is 4.62. The van der Waals surface area contributed by atoms with Gasteiger partial charge >= 0.3 is 12.0 Å². The van der Waals surface area contributed by atoms with E-state index in [9.17, 15) is 9.59 Å². The van der Waals surface area contributed by atoms with Crippen LogP contribution in [0.2, 0.25) is 0 Å². The summed E-state index contributed by atoms with van der Waals surface area (Å²) in [4.78, 5) is 22.3. The lowest BCUT2D eigenvalue weighted by Crippen LogP contribution is -2.46. The van der Waals surface area contributed by atoms with E-state index in [2.05, 4.69) is 15.7 Å². The minimum Gasteiger partial charge on any atom is -0.481 e. The lowest BCUT2D eigenvalue weighted by molar-refractivity contribution is -0.137. The van der Waals surface area contributed by atoms with Crippen molar-refractivity contribution in [3.8, 4) is 0 Å². The van der Waals surface area contributed by atoms with Gasteiger partial charge in [0, 0.05) is 25.0 Å². The van der Waals surface area contributed by atoms with Crippen LogP contribution in [0.5, 0.6) is 0 Å². The maximum atomic E-state index is 11.6. The highest BCUT2D eigenvalue weighted by atomic mass is 16.4. The Balaban J connectivity index is 2.29. The van der Waals surface area contributed by atoms with E-state index in [1.165, 1.54) is 0 Å². The molecule has 0 aromatic carbocycles.